The molecule has 0 saturated carbocycles. The maximum Gasteiger partial charge on any atom is 0.0239 e. The predicted octanol–water partition coefficient (Wildman–Crippen LogP) is 0.504. The van der Waals surface area contributed by atoms with Crippen LogP contribution in [0.1, 0.15) is 12.8 Å². The largest absolute Gasteiger partial charge is 0.327 e. The van der Waals surface area contributed by atoms with Crippen LogP contribution in [0.5, 0.6) is 0 Å². The van der Waals surface area contributed by atoms with Crippen LogP contribution in [-0.4, -0.2) is 23.4 Å². The van der Waals surface area contributed by atoms with Crippen LogP contribution in [0.15, 0.2) is 0 Å². The fraction of sp³-hybridized carbons (Fsp3) is 0.714. The molecule has 0 amide bonds. The molecule has 1 aliphatic rings. The SMILES string of the molecule is C#C.N[C@@H]1CCCN(S)C1. The van der Waals surface area contributed by atoms with Crippen LogP contribution in [0, 0.1) is 12.8 Å². The zero-order valence-corrected chi connectivity index (χ0v) is 6.93. The van der Waals surface area contributed by atoms with Gasteiger partial charge in [0.05, 0.1) is 0 Å². The second-order valence-corrected chi connectivity index (χ2v) is 2.88. The Balaban J connectivity index is 0.000000371. The van der Waals surface area contributed by atoms with E-state index in [0.717, 1.165) is 19.5 Å². The number of terminal acetylenes is 1. The minimum absolute atomic E-state index is 0.362. The van der Waals surface area contributed by atoms with Gasteiger partial charge in [-0.2, -0.15) is 0 Å². The van der Waals surface area contributed by atoms with Crippen molar-refractivity contribution < 1.29 is 0 Å². The summed E-state index contributed by atoms with van der Waals surface area (Å²) in [6, 6.07) is 0.362. The zero-order valence-electron chi connectivity index (χ0n) is 6.03. The van der Waals surface area contributed by atoms with Gasteiger partial charge in [-0.1, -0.05) is 12.8 Å². The Bertz CT molecular complexity index is 95.0. The van der Waals surface area contributed by atoms with E-state index in [9.17, 15) is 0 Å². The quantitative estimate of drug-likeness (QED) is 0.397. The topological polar surface area (TPSA) is 29.3 Å². The maximum absolute atomic E-state index is 5.63. The van der Waals surface area contributed by atoms with Crippen molar-refractivity contribution in [3.8, 4) is 12.8 Å². The lowest BCUT2D eigenvalue weighted by molar-refractivity contribution is 0.346. The summed E-state index contributed by atoms with van der Waals surface area (Å²) >= 11 is 4.17. The third kappa shape index (κ3) is 3.78. The minimum Gasteiger partial charge on any atom is -0.327 e. The monoisotopic (exact) mass is 158 g/mol. The second-order valence-electron chi connectivity index (χ2n) is 2.31. The summed E-state index contributed by atoms with van der Waals surface area (Å²) in [5.41, 5.74) is 5.63. The number of thiol groups is 1. The molecular formula is C7H14N2S. The Morgan fingerprint density at radius 1 is 1.50 bits per heavy atom. The fourth-order valence-electron chi connectivity index (χ4n) is 0.989. The number of nitrogens with two attached hydrogens (primary N) is 1. The molecule has 1 fully saturated rings. The number of rotatable bonds is 0. The molecule has 0 aromatic heterocycles. The molecule has 0 unspecified atom stereocenters. The van der Waals surface area contributed by atoms with Crippen LogP contribution in [0.25, 0.3) is 0 Å². The first kappa shape index (κ1) is 9.83. The van der Waals surface area contributed by atoms with Gasteiger partial charge in [0.2, 0.25) is 0 Å². The Hall–Kier alpha value is -0.170. The van der Waals surface area contributed by atoms with Crippen molar-refractivity contribution in [1.29, 1.82) is 0 Å². The zero-order chi connectivity index (χ0) is 7.98. The van der Waals surface area contributed by atoms with Gasteiger partial charge in [-0.05, 0) is 12.8 Å². The van der Waals surface area contributed by atoms with Gasteiger partial charge in [-0.3, -0.25) is 4.31 Å². The van der Waals surface area contributed by atoms with E-state index < -0.39 is 0 Å². The molecule has 2 nitrogen and oxygen atoms in total. The van der Waals surface area contributed by atoms with Gasteiger partial charge in [-0.15, -0.1) is 12.8 Å². The third-order valence-corrected chi connectivity index (χ3v) is 1.80. The number of piperidine rings is 1. The Morgan fingerprint density at radius 2 is 2.10 bits per heavy atom. The maximum atomic E-state index is 5.63. The van der Waals surface area contributed by atoms with Crippen LogP contribution in [0.2, 0.25) is 0 Å². The summed E-state index contributed by atoms with van der Waals surface area (Å²) in [6.45, 7) is 2.04. The Kier molecular flexibility index (Phi) is 5.51. The van der Waals surface area contributed by atoms with E-state index in [-0.39, 0.29) is 0 Å². The molecule has 0 radical (unpaired) electrons. The molecule has 1 saturated heterocycles. The summed E-state index contributed by atoms with van der Waals surface area (Å²) < 4.78 is 1.98. The molecule has 58 valence electrons. The molecule has 0 aliphatic carbocycles. The van der Waals surface area contributed by atoms with Crippen molar-refractivity contribution in [3.63, 3.8) is 0 Å². The van der Waals surface area contributed by atoms with Crippen LogP contribution in [0.4, 0.5) is 0 Å². The summed E-state index contributed by atoms with van der Waals surface area (Å²) in [7, 11) is 0. The van der Waals surface area contributed by atoms with Crippen LogP contribution < -0.4 is 5.73 Å². The van der Waals surface area contributed by atoms with Crippen LogP contribution in [-0.2, 0) is 0 Å². The normalized spacial score (nSPS) is 26.6. The van der Waals surface area contributed by atoms with Gasteiger partial charge >= 0.3 is 0 Å². The van der Waals surface area contributed by atoms with Gasteiger partial charge in [0.25, 0.3) is 0 Å². The number of hydrogen-bond donors (Lipinski definition) is 2. The van der Waals surface area contributed by atoms with E-state index in [1.165, 1.54) is 6.42 Å². The molecule has 0 bridgehead atoms. The van der Waals surface area contributed by atoms with Gasteiger partial charge in [-0.25, -0.2) is 0 Å². The molecule has 0 aromatic rings. The highest BCUT2D eigenvalue weighted by Crippen LogP contribution is 2.08. The minimum atomic E-state index is 0.362. The molecule has 1 rings (SSSR count). The van der Waals surface area contributed by atoms with Gasteiger partial charge in [0.1, 0.15) is 0 Å². The first-order valence-electron chi connectivity index (χ1n) is 3.32. The van der Waals surface area contributed by atoms with E-state index in [4.69, 9.17) is 5.73 Å². The van der Waals surface area contributed by atoms with Crippen molar-refractivity contribution in [1.82, 2.24) is 4.31 Å². The Labute approximate surface area is 68.3 Å². The van der Waals surface area contributed by atoms with Crippen LogP contribution >= 0.6 is 12.8 Å². The van der Waals surface area contributed by atoms with E-state index >= 15 is 0 Å². The lowest BCUT2D eigenvalue weighted by Crippen LogP contribution is -2.37. The Morgan fingerprint density at radius 3 is 2.40 bits per heavy atom. The van der Waals surface area contributed by atoms with Crippen molar-refractivity contribution in [2.75, 3.05) is 13.1 Å². The van der Waals surface area contributed by atoms with E-state index in [0.29, 0.717) is 6.04 Å². The second kappa shape index (κ2) is 5.60. The smallest absolute Gasteiger partial charge is 0.0239 e. The summed E-state index contributed by atoms with van der Waals surface area (Å²) in [4.78, 5) is 0. The summed E-state index contributed by atoms with van der Waals surface area (Å²) in [5, 5.41) is 0. The lowest BCUT2D eigenvalue weighted by Gasteiger charge is -2.25. The molecule has 1 atom stereocenters. The summed E-state index contributed by atoms with van der Waals surface area (Å²) in [5.74, 6) is 0. The molecule has 0 aromatic carbocycles. The average molecular weight is 158 g/mol. The molecule has 1 aliphatic heterocycles. The molecule has 2 N–H and O–H groups in total. The molecular weight excluding hydrogens is 144 g/mol. The third-order valence-electron chi connectivity index (χ3n) is 1.44. The van der Waals surface area contributed by atoms with Crippen molar-refractivity contribution in [2.45, 2.75) is 18.9 Å². The standard InChI is InChI=1S/C5H12N2S.C2H2/c6-5-2-1-3-7(8)4-5;1-2/h5,8H,1-4,6H2;1-2H/t5-;/m1./s1. The average Bonchev–Trinajstić information content (AvgIpc) is 1.91. The summed E-state index contributed by atoms with van der Waals surface area (Å²) in [6.07, 6.45) is 10.4. The van der Waals surface area contributed by atoms with E-state index in [1.54, 1.807) is 0 Å². The molecule has 0 spiro atoms. The molecule has 3 heteroatoms. The highest BCUT2D eigenvalue weighted by Gasteiger charge is 2.12. The first-order valence-corrected chi connectivity index (χ1v) is 3.72. The van der Waals surface area contributed by atoms with Gasteiger partial charge in [0, 0.05) is 19.1 Å². The highest BCUT2D eigenvalue weighted by molar-refractivity contribution is 7.77. The van der Waals surface area contributed by atoms with E-state index in [1.807, 2.05) is 4.31 Å². The lowest BCUT2D eigenvalue weighted by atomic mass is 10.1. The molecule has 1 heterocycles. The van der Waals surface area contributed by atoms with Gasteiger partial charge in [0.15, 0.2) is 0 Å². The molecule has 10 heavy (non-hydrogen) atoms. The number of hydrogen-bond acceptors (Lipinski definition) is 3. The number of nitrogens with zero attached hydrogens (tertiary/aromatic N) is 1. The van der Waals surface area contributed by atoms with Crippen molar-refractivity contribution in [3.05, 3.63) is 0 Å². The van der Waals surface area contributed by atoms with Gasteiger partial charge < -0.3 is 5.73 Å². The fourth-order valence-corrected chi connectivity index (χ4v) is 1.34. The van der Waals surface area contributed by atoms with Crippen molar-refractivity contribution >= 4 is 12.8 Å². The van der Waals surface area contributed by atoms with Crippen molar-refractivity contribution in [2.24, 2.45) is 5.73 Å². The predicted molar refractivity (Wildman–Crippen MR) is 47.7 cm³/mol. The van der Waals surface area contributed by atoms with Crippen LogP contribution in [0.3, 0.4) is 0 Å². The highest BCUT2D eigenvalue weighted by atomic mass is 32.1. The van der Waals surface area contributed by atoms with E-state index in [2.05, 4.69) is 25.7 Å². The first-order chi connectivity index (χ1) is 4.79.